The third kappa shape index (κ3) is 3.81. The SMILES string of the molecule is CC(Br)c1cn(CCOc2ccc(Br)cc2)nn1. The first kappa shape index (κ1) is 13.5. The average molecular weight is 375 g/mol. The number of rotatable bonds is 5. The molecule has 4 nitrogen and oxygen atoms in total. The Labute approximate surface area is 123 Å². The van der Waals surface area contributed by atoms with Crippen LogP contribution >= 0.6 is 31.9 Å². The molecule has 1 heterocycles. The van der Waals surface area contributed by atoms with Gasteiger partial charge >= 0.3 is 0 Å². The highest BCUT2D eigenvalue weighted by Crippen LogP contribution is 2.18. The summed E-state index contributed by atoms with van der Waals surface area (Å²) in [5, 5.41) is 8.09. The average Bonchev–Trinajstić information content (AvgIpc) is 2.81. The summed E-state index contributed by atoms with van der Waals surface area (Å²) in [6.45, 7) is 3.27. The summed E-state index contributed by atoms with van der Waals surface area (Å²) in [4.78, 5) is 0.221. The minimum Gasteiger partial charge on any atom is -0.492 e. The van der Waals surface area contributed by atoms with Crippen molar-refractivity contribution >= 4 is 31.9 Å². The molecular weight excluding hydrogens is 362 g/mol. The van der Waals surface area contributed by atoms with Crippen molar-refractivity contribution < 1.29 is 4.74 Å². The molecule has 0 bridgehead atoms. The third-order valence-electron chi connectivity index (χ3n) is 2.37. The van der Waals surface area contributed by atoms with Gasteiger partial charge in [-0.1, -0.05) is 37.1 Å². The fourth-order valence-electron chi connectivity index (χ4n) is 1.39. The highest BCUT2D eigenvalue weighted by Gasteiger charge is 2.05. The zero-order valence-electron chi connectivity index (χ0n) is 9.88. The van der Waals surface area contributed by atoms with Crippen LogP contribution in [0.4, 0.5) is 0 Å². The first-order valence-corrected chi connectivity index (χ1v) is 7.28. The Bertz CT molecular complexity index is 496. The Morgan fingerprint density at radius 3 is 2.67 bits per heavy atom. The number of benzene rings is 1. The van der Waals surface area contributed by atoms with Crippen molar-refractivity contribution in [1.82, 2.24) is 15.0 Å². The maximum absolute atomic E-state index is 5.61. The smallest absolute Gasteiger partial charge is 0.119 e. The van der Waals surface area contributed by atoms with Gasteiger partial charge in [0.25, 0.3) is 0 Å². The number of aromatic nitrogens is 3. The zero-order valence-corrected chi connectivity index (χ0v) is 13.1. The predicted octanol–water partition coefficient (Wildman–Crippen LogP) is 3.58. The van der Waals surface area contributed by atoms with Gasteiger partial charge < -0.3 is 4.74 Å². The van der Waals surface area contributed by atoms with Crippen LogP contribution in [0.15, 0.2) is 34.9 Å². The van der Waals surface area contributed by atoms with Crippen LogP contribution in [0.1, 0.15) is 17.4 Å². The molecule has 0 saturated carbocycles. The molecule has 1 atom stereocenters. The van der Waals surface area contributed by atoms with Crippen LogP contribution in [0.2, 0.25) is 0 Å². The van der Waals surface area contributed by atoms with E-state index in [1.54, 1.807) is 4.68 Å². The number of nitrogens with zero attached hydrogens (tertiary/aromatic N) is 3. The van der Waals surface area contributed by atoms with Crippen LogP contribution in [0.5, 0.6) is 5.75 Å². The number of ether oxygens (including phenoxy) is 1. The highest BCUT2D eigenvalue weighted by atomic mass is 79.9. The molecule has 0 spiro atoms. The van der Waals surface area contributed by atoms with Gasteiger partial charge in [-0.05, 0) is 31.2 Å². The maximum atomic E-state index is 5.61. The quantitative estimate of drug-likeness (QED) is 0.751. The van der Waals surface area contributed by atoms with E-state index in [1.807, 2.05) is 37.4 Å². The summed E-state index contributed by atoms with van der Waals surface area (Å²) in [7, 11) is 0. The van der Waals surface area contributed by atoms with Crippen molar-refractivity contribution in [2.24, 2.45) is 0 Å². The molecular formula is C12H13Br2N3O. The Balaban J connectivity index is 1.82. The number of hydrogen-bond acceptors (Lipinski definition) is 3. The molecule has 2 aromatic rings. The summed E-state index contributed by atoms with van der Waals surface area (Å²) >= 11 is 6.84. The van der Waals surface area contributed by atoms with Crippen LogP contribution in [0.25, 0.3) is 0 Å². The molecule has 0 radical (unpaired) electrons. The van der Waals surface area contributed by atoms with Gasteiger partial charge in [0, 0.05) is 10.7 Å². The fourth-order valence-corrected chi connectivity index (χ4v) is 1.87. The lowest BCUT2D eigenvalue weighted by molar-refractivity contribution is 0.289. The molecule has 96 valence electrons. The molecule has 0 aliphatic rings. The molecule has 1 aromatic carbocycles. The summed E-state index contributed by atoms with van der Waals surface area (Å²) < 4.78 is 8.44. The van der Waals surface area contributed by atoms with E-state index in [9.17, 15) is 0 Å². The van der Waals surface area contributed by atoms with Crippen LogP contribution in [0.3, 0.4) is 0 Å². The van der Waals surface area contributed by atoms with Gasteiger partial charge in [-0.15, -0.1) is 5.10 Å². The van der Waals surface area contributed by atoms with Crippen molar-refractivity contribution in [3.63, 3.8) is 0 Å². The van der Waals surface area contributed by atoms with Gasteiger partial charge in [0.05, 0.1) is 17.1 Å². The number of halogens is 2. The number of alkyl halides is 1. The van der Waals surface area contributed by atoms with Gasteiger partial charge in [-0.2, -0.15) is 0 Å². The van der Waals surface area contributed by atoms with E-state index in [1.165, 1.54) is 0 Å². The molecule has 0 N–H and O–H groups in total. The fraction of sp³-hybridized carbons (Fsp3) is 0.333. The Morgan fingerprint density at radius 2 is 2.06 bits per heavy atom. The summed E-state index contributed by atoms with van der Waals surface area (Å²) in [5.41, 5.74) is 0.929. The minimum absolute atomic E-state index is 0.221. The molecule has 0 aliphatic carbocycles. The van der Waals surface area contributed by atoms with Crippen LogP contribution < -0.4 is 4.74 Å². The molecule has 0 aliphatic heterocycles. The van der Waals surface area contributed by atoms with Crippen molar-refractivity contribution in [2.45, 2.75) is 18.3 Å². The third-order valence-corrected chi connectivity index (χ3v) is 3.36. The largest absolute Gasteiger partial charge is 0.492 e. The van der Waals surface area contributed by atoms with Crippen molar-refractivity contribution in [2.75, 3.05) is 6.61 Å². The Hall–Kier alpha value is -0.880. The standard InChI is InChI=1S/C12H13Br2N3O/c1-9(13)12-8-17(16-15-12)6-7-18-11-4-2-10(14)3-5-11/h2-5,8-9H,6-7H2,1H3. The molecule has 1 aromatic heterocycles. The maximum Gasteiger partial charge on any atom is 0.119 e. The second kappa shape index (κ2) is 6.33. The topological polar surface area (TPSA) is 39.9 Å². The van der Waals surface area contributed by atoms with E-state index < -0.39 is 0 Å². The lowest BCUT2D eigenvalue weighted by Gasteiger charge is -2.05. The first-order chi connectivity index (χ1) is 8.65. The van der Waals surface area contributed by atoms with E-state index >= 15 is 0 Å². The van der Waals surface area contributed by atoms with Crippen LogP contribution in [-0.4, -0.2) is 21.6 Å². The van der Waals surface area contributed by atoms with Gasteiger partial charge in [-0.25, -0.2) is 4.68 Å². The van der Waals surface area contributed by atoms with E-state index in [2.05, 4.69) is 42.2 Å². The zero-order chi connectivity index (χ0) is 13.0. The number of hydrogen-bond donors (Lipinski definition) is 0. The predicted molar refractivity (Wildman–Crippen MR) is 77.0 cm³/mol. The van der Waals surface area contributed by atoms with E-state index in [-0.39, 0.29) is 4.83 Å². The van der Waals surface area contributed by atoms with Crippen molar-refractivity contribution in [1.29, 1.82) is 0 Å². The Kier molecular flexibility index (Phi) is 4.77. The molecule has 18 heavy (non-hydrogen) atoms. The molecule has 1 unspecified atom stereocenters. The van der Waals surface area contributed by atoms with Crippen molar-refractivity contribution in [3.05, 3.63) is 40.6 Å². The minimum atomic E-state index is 0.221. The Morgan fingerprint density at radius 1 is 1.33 bits per heavy atom. The summed E-state index contributed by atoms with van der Waals surface area (Å²) in [5.74, 6) is 0.854. The molecule has 0 fully saturated rings. The second-order valence-corrected chi connectivity index (χ2v) is 6.11. The van der Waals surface area contributed by atoms with Gasteiger partial charge in [0.15, 0.2) is 0 Å². The molecule has 2 rings (SSSR count). The van der Waals surface area contributed by atoms with Crippen LogP contribution in [-0.2, 0) is 6.54 Å². The lowest BCUT2D eigenvalue weighted by Crippen LogP contribution is -2.08. The monoisotopic (exact) mass is 373 g/mol. The molecule has 6 heteroatoms. The van der Waals surface area contributed by atoms with Gasteiger partial charge in [-0.3, -0.25) is 0 Å². The van der Waals surface area contributed by atoms with E-state index in [0.717, 1.165) is 15.9 Å². The highest BCUT2D eigenvalue weighted by molar-refractivity contribution is 9.10. The molecule has 0 amide bonds. The molecule has 0 saturated heterocycles. The van der Waals surface area contributed by atoms with E-state index in [4.69, 9.17) is 4.74 Å². The van der Waals surface area contributed by atoms with Gasteiger partial charge in [0.1, 0.15) is 12.4 Å². The van der Waals surface area contributed by atoms with Gasteiger partial charge in [0.2, 0.25) is 0 Å². The lowest BCUT2D eigenvalue weighted by atomic mass is 10.3. The first-order valence-electron chi connectivity index (χ1n) is 5.57. The second-order valence-electron chi connectivity index (χ2n) is 3.82. The summed E-state index contributed by atoms with van der Waals surface area (Å²) in [6.07, 6.45) is 1.92. The van der Waals surface area contributed by atoms with Crippen LogP contribution in [0, 0.1) is 0 Å². The van der Waals surface area contributed by atoms with Crippen molar-refractivity contribution in [3.8, 4) is 5.75 Å². The van der Waals surface area contributed by atoms with E-state index in [0.29, 0.717) is 13.2 Å². The summed E-state index contributed by atoms with van der Waals surface area (Å²) in [6, 6.07) is 7.76. The normalized spacial score (nSPS) is 12.4.